The Morgan fingerprint density at radius 3 is 2.48 bits per heavy atom. The van der Waals surface area contributed by atoms with E-state index in [1.54, 1.807) is 37.3 Å². The first-order valence-corrected chi connectivity index (χ1v) is 12.4. The number of carbonyl (C=O) groups excluding carboxylic acids is 1. The molecule has 7 nitrogen and oxygen atoms in total. The van der Waals surface area contributed by atoms with Crippen LogP contribution in [0.3, 0.4) is 0 Å². The van der Waals surface area contributed by atoms with E-state index < -0.39 is 10.0 Å². The van der Waals surface area contributed by atoms with E-state index in [2.05, 4.69) is 15.0 Å². The van der Waals surface area contributed by atoms with Gasteiger partial charge in [0.1, 0.15) is 4.83 Å². The molecule has 0 unspecified atom stereocenters. The van der Waals surface area contributed by atoms with Gasteiger partial charge in [0.25, 0.3) is 5.91 Å². The maximum atomic E-state index is 12.6. The topological polar surface area (TPSA) is 91.4 Å². The molecule has 2 heterocycles. The summed E-state index contributed by atoms with van der Waals surface area (Å²) in [5.41, 5.74) is 1.45. The van der Waals surface area contributed by atoms with Gasteiger partial charge in [-0.25, -0.2) is 18.1 Å². The molecule has 0 saturated carbocycles. The standard InChI is InChI=1S/C19H24N4O3S3/c1-12(2)22-29(25,26)11-14-8-6-5-7-13(14)10-20-17(24)15-9-16-18(27-15)21-19(28-16)23(3)4/h5-9,12,22H,10-11H2,1-4H3,(H,20,24). The number of sulfonamides is 1. The maximum absolute atomic E-state index is 12.6. The van der Waals surface area contributed by atoms with Crippen molar-refractivity contribution in [1.29, 1.82) is 0 Å². The summed E-state index contributed by atoms with van der Waals surface area (Å²) < 4.78 is 28.1. The Hall–Kier alpha value is -2.01. The van der Waals surface area contributed by atoms with Crippen LogP contribution in [0.25, 0.3) is 9.53 Å². The number of rotatable bonds is 8. The van der Waals surface area contributed by atoms with Gasteiger partial charge in [0, 0.05) is 26.7 Å². The summed E-state index contributed by atoms with van der Waals surface area (Å²) >= 11 is 2.90. The van der Waals surface area contributed by atoms with Crippen molar-refractivity contribution in [2.45, 2.75) is 32.2 Å². The van der Waals surface area contributed by atoms with Crippen LogP contribution in [0.2, 0.25) is 0 Å². The quantitative estimate of drug-likeness (QED) is 0.548. The van der Waals surface area contributed by atoms with Gasteiger partial charge in [-0.3, -0.25) is 4.79 Å². The van der Waals surface area contributed by atoms with E-state index in [1.165, 1.54) is 11.3 Å². The van der Waals surface area contributed by atoms with Crippen molar-refractivity contribution < 1.29 is 13.2 Å². The number of fused-ring (bicyclic) bond motifs is 1. The van der Waals surface area contributed by atoms with Gasteiger partial charge in [-0.15, -0.1) is 11.3 Å². The van der Waals surface area contributed by atoms with E-state index in [-0.39, 0.29) is 24.2 Å². The molecular weight excluding hydrogens is 428 g/mol. The number of hydrogen-bond acceptors (Lipinski definition) is 7. The van der Waals surface area contributed by atoms with Gasteiger partial charge in [0.05, 0.1) is 15.3 Å². The highest BCUT2D eigenvalue weighted by Gasteiger charge is 2.17. The Morgan fingerprint density at radius 2 is 1.86 bits per heavy atom. The van der Waals surface area contributed by atoms with Crippen LogP contribution in [0.1, 0.15) is 34.6 Å². The smallest absolute Gasteiger partial charge is 0.261 e. The van der Waals surface area contributed by atoms with E-state index in [1.807, 2.05) is 37.2 Å². The van der Waals surface area contributed by atoms with E-state index in [0.717, 1.165) is 20.2 Å². The zero-order valence-corrected chi connectivity index (χ0v) is 19.2. The van der Waals surface area contributed by atoms with Crippen LogP contribution >= 0.6 is 22.7 Å². The molecule has 1 amide bonds. The number of amides is 1. The first-order valence-electron chi connectivity index (χ1n) is 9.07. The van der Waals surface area contributed by atoms with Gasteiger partial charge in [0.2, 0.25) is 10.0 Å². The number of anilines is 1. The number of aromatic nitrogens is 1. The van der Waals surface area contributed by atoms with Crippen molar-refractivity contribution >= 4 is 53.3 Å². The molecule has 0 aliphatic rings. The van der Waals surface area contributed by atoms with Gasteiger partial charge in [-0.05, 0) is 31.0 Å². The van der Waals surface area contributed by atoms with Crippen molar-refractivity contribution in [1.82, 2.24) is 15.0 Å². The molecule has 0 saturated heterocycles. The van der Waals surface area contributed by atoms with Crippen LogP contribution in [0.5, 0.6) is 0 Å². The second-order valence-electron chi connectivity index (χ2n) is 7.15. The molecule has 156 valence electrons. The molecule has 0 radical (unpaired) electrons. The van der Waals surface area contributed by atoms with E-state index in [4.69, 9.17) is 0 Å². The molecular formula is C19H24N4O3S3. The fourth-order valence-electron chi connectivity index (χ4n) is 2.77. The van der Waals surface area contributed by atoms with Crippen LogP contribution < -0.4 is 14.9 Å². The zero-order valence-electron chi connectivity index (χ0n) is 16.7. The first kappa shape index (κ1) is 21.7. The molecule has 10 heteroatoms. The summed E-state index contributed by atoms with van der Waals surface area (Å²) in [6.07, 6.45) is 0. The van der Waals surface area contributed by atoms with E-state index in [9.17, 15) is 13.2 Å². The lowest BCUT2D eigenvalue weighted by atomic mass is 10.1. The lowest BCUT2D eigenvalue weighted by molar-refractivity contribution is 0.0955. The Bertz CT molecular complexity index is 1090. The largest absolute Gasteiger partial charge is 0.354 e. The minimum atomic E-state index is -3.44. The van der Waals surface area contributed by atoms with Crippen molar-refractivity contribution in [3.63, 3.8) is 0 Å². The number of benzene rings is 1. The predicted octanol–water partition coefficient (Wildman–Crippen LogP) is 3.18. The van der Waals surface area contributed by atoms with Crippen LogP contribution in [0.4, 0.5) is 5.13 Å². The summed E-state index contributed by atoms with van der Waals surface area (Å²) in [5, 5.41) is 3.80. The molecule has 0 spiro atoms. The molecule has 0 bridgehead atoms. The number of nitrogens with zero attached hydrogens (tertiary/aromatic N) is 2. The van der Waals surface area contributed by atoms with Crippen molar-refractivity contribution in [2.24, 2.45) is 0 Å². The Morgan fingerprint density at radius 1 is 1.17 bits per heavy atom. The van der Waals surface area contributed by atoms with Crippen LogP contribution in [0.15, 0.2) is 30.3 Å². The predicted molar refractivity (Wildman–Crippen MR) is 120 cm³/mol. The monoisotopic (exact) mass is 452 g/mol. The van der Waals surface area contributed by atoms with Crippen molar-refractivity contribution in [3.05, 3.63) is 46.3 Å². The highest BCUT2D eigenvalue weighted by molar-refractivity contribution is 7.88. The lowest BCUT2D eigenvalue weighted by Crippen LogP contribution is -2.31. The minimum Gasteiger partial charge on any atom is -0.354 e. The molecule has 0 aliphatic heterocycles. The van der Waals surface area contributed by atoms with Gasteiger partial charge < -0.3 is 10.2 Å². The third-order valence-corrected chi connectivity index (χ3v) is 7.85. The molecule has 29 heavy (non-hydrogen) atoms. The second-order valence-corrected chi connectivity index (χ2v) is 10.9. The van der Waals surface area contributed by atoms with Gasteiger partial charge in [-0.2, -0.15) is 0 Å². The number of nitrogens with one attached hydrogen (secondary N) is 2. The molecule has 2 N–H and O–H groups in total. The summed E-state index contributed by atoms with van der Waals surface area (Å²) in [6, 6.07) is 8.92. The highest BCUT2D eigenvalue weighted by atomic mass is 32.2. The van der Waals surface area contributed by atoms with E-state index in [0.29, 0.717) is 10.4 Å². The minimum absolute atomic E-state index is 0.122. The second kappa shape index (κ2) is 8.78. The molecule has 0 fully saturated rings. The molecule has 2 aromatic heterocycles. The Kier molecular flexibility index (Phi) is 6.57. The molecule has 3 aromatic rings. The third-order valence-electron chi connectivity index (χ3n) is 4.00. The average molecular weight is 453 g/mol. The number of thiazole rings is 1. The molecule has 0 atom stereocenters. The number of thiophene rings is 1. The fourth-order valence-corrected chi connectivity index (χ4v) is 6.31. The summed E-state index contributed by atoms with van der Waals surface area (Å²) in [6.45, 7) is 3.83. The Labute approximate surface area is 178 Å². The SMILES string of the molecule is CC(C)NS(=O)(=O)Cc1ccccc1CNC(=O)c1cc2sc(N(C)C)nc2s1. The van der Waals surface area contributed by atoms with Crippen LogP contribution in [-0.2, 0) is 22.3 Å². The van der Waals surface area contributed by atoms with Gasteiger partial charge in [-0.1, -0.05) is 35.6 Å². The Balaban J connectivity index is 1.70. The number of carbonyl (C=O) groups is 1. The lowest BCUT2D eigenvalue weighted by Gasteiger charge is -2.13. The summed E-state index contributed by atoms with van der Waals surface area (Å²) in [5.74, 6) is -0.312. The van der Waals surface area contributed by atoms with Crippen LogP contribution in [-0.4, -0.2) is 39.4 Å². The van der Waals surface area contributed by atoms with E-state index >= 15 is 0 Å². The third kappa shape index (κ3) is 5.53. The van der Waals surface area contributed by atoms with Crippen LogP contribution in [0, 0.1) is 0 Å². The van der Waals surface area contributed by atoms with Gasteiger partial charge in [0.15, 0.2) is 5.13 Å². The summed E-state index contributed by atoms with van der Waals surface area (Å²) in [7, 11) is 0.430. The molecule has 3 rings (SSSR count). The fraction of sp³-hybridized carbons (Fsp3) is 0.368. The highest BCUT2D eigenvalue weighted by Crippen LogP contribution is 2.33. The average Bonchev–Trinajstić information content (AvgIpc) is 3.18. The molecule has 1 aromatic carbocycles. The zero-order chi connectivity index (χ0) is 21.2. The van der Waals surface area contributed by atoms with Crippen molar-refractivity contribution in [2.75, 3.05) is 19.0 Å². The first-order chi connectivity index (χ1) is 13.6. The van der Waals surface area contributed by atoms with Crippen molar-refractivity contribution in [3.8, 4) is 0 Å². The number of hydrogen-bond donors (Lipinski definition) is 2. The molecule has 0 aliphatic carbocycles. The normalized spacial score (nSPS) is 11.9. The maximum Gasteiger partial charge on any atom is 0.261 e. The van der Waals surface area contributed by atoms with Gasteiger partial charge >= 0.3 is 0 Å². The summed E-state index contributed by atoms with van der Waals surface area (Å²) in [4.78, 5) is 20.5.